The highest BCUT2D eigenvalue weighted by molar-refractivity contribution is 7.91. The molecule has 6 heteroatoms. The van der Waals surface area contributed by atoms with Crippen LogP contribution >= 0.6 is 0 Å². The predicted molar refractivity (Wildman–Crippen MR) is 84.3 cm³/mol. The van der Waals surface area contributed by atoms with Crippen LogP contribution in [0.1, 0.15) is 37.6 Å². The molecule has 21 heavy (non-hydrogen) atoms. The summed E-state index contributed by atoms with van der Waals surface area (Å²) in [5.74, 6) is -0.0976. The third-order valence-corrected chi connectivity index (χ3v) is 5.44. The monoisotopic (exact) mass is 310 g/mol. The summed E-state index contributed by atoms with van der Waals surface area (Å²) in [6.45, 7) is 5.78. The Morgan fingerprint density at radius 3 is 2.52 bits per heavy atom. The first-order chi connectivity index (χ1) is 9.71. The van der Waals surface area contributed by atoms with E-state index < -0.39 is 15.4 Å². The molecule has 0 spiro atoms. The number of amides is 1. The van der Waals surface area contributed by atoms with Gasteiger partial charge in [0.1, 0.15) is 0 Å². The third kappa shape index (κ3) is 3.97. The fourth-order valence-electron chi connectivity index (χ4n) is 2.57. The van der Waals surface area contributed by atoms with E-state index >= 15 is 0 Å². The van der Waals surface area contributed by atoms with Crippen LogP contribution in [0.3, 0.4) is 0 Å². The molecule has 0 saturated carbocycles. The zero-order chi connectivity index (χ0) is 15.7. The second-order valence-electron chi connectivity index (χ2n) is 6.20. The molecule has 1 aromatic carbocycles. The number of anilines is 1. The van der Waals surface area contributed by atoms with Crippen LogP contribution in [0.2, 0.25) is 0 Å². The smallest absolute Gasteiger partial charge is 0.253 e. The number of carbonyl (C=O) groups excluding carboxylic acids is 1. The van der Waals surface area contributed by atoms with Crippen LogP contribution in [0.5, 0.6) is 0 Å². The first-order valence-corrected chi connectivity index (χ1v) is 8.91. The van der Waals surface area contributed by atoms with Crippen molar-refractivity contribution in [2.24, 2.45) is 0 Å². The topological polar surface area (TPSA) is 75.3 Å². The van der Waals surface area contributed by atoms with Gasteiger partial charge in [0.25, 0.3) is 5.91 Å². The summed E-state index contributed by atoms with van der Waals surface area (Å²) in [6, 6.07) is 7.47. The summed E-state index contributed by atoms with van der Waals surface area (Å²) in [5, 5.41) is 6.11. The molecule has 1 fully saturated rings. The van der Waals surface area contributed by atoms with Crippen LogP contribution in [-0.4, -0.2) is 37.4 Å². The zero-order valence-electron chi connectivity index (χ0n) is 12.6. The van der Waals surface area contributed by atoms with Gasteiger partial charge >= 0.3 is 0 Å². The molecule has 0 aliphatic carbocycles. The standard InChI is InChI=1S/C15H22N2O3S/c1-11(2)16-13-7-5-4-6-12(13)14(18)17-15(3)8-9-21(19,20)10-15/h4-7,11,16H,8-10H2,1-3H3,(H,17,18). The van der Waals surface area contributed by atoms with Crippen LogP contribution in [0.25, 0.3) is 0 Å². The van der Waals surface area contributed by atoms with E-state index in [0.29, 0.717) is 12.0 Å². The largest absolute Gasteiger partial charge is 0.382 e. The summed E-state index contributed by atoms with van der Waals surface area (Å²) in [5.41, 5.74) is 0.618. The maximum atomic E-state index is 12.5. The Labute approximate surface area is 126 Å². The number of nitrogens with one attached hydrogen (secondary N) is 2. The van der Waals surface area contributed by atoms with Gasteiger partial charge in [0.15, 0.2) is 9.84 Å². The van der Waals surface area contributed by atoms with Gasteiger partial charge in [-0.25, -0.2) is 8.42 Å². The van der Waals surface area contributed by atoms with Crippen molar-refractivity contribution in [1.29, 1.82) is 0 Å². The van der Waals surface area contributed by atoms with E-state index in [4.69, 9.17) is 0 Å². The Morgan fingerprint density at radius 2 is 1.95 bits per heavy atom. The van der Waals surface area contributed by atoms with Gasteiger partial charge in [-0.15, -0.1) is 0 Å². The summed E-state index contributed by atoms with van der Waals surface area (Å²) >= 11 is 0. The van der Waals surface area contributed by atoms with Crippen molar-refractivity contribution in [3.63, 3.8) is 0 Å². The molecule has 2 rings (SSSR count). The van der Waals surface area contributed by atoms with Crippen LogP contribution < -0.4 is 10.6 Å². The molecule has 1 heterocycles. The number of hydrogen-bond acceptors (Lipinski definition) is 4. The van der Waals surface area contributed by atoms with Crippen LogP contribution in [0.15, 0.2) is 24.3 Å². The molecule has 2 N–H and O–H groups in total. The summed E-state index contributed by atoms with van der Waals surface area (Å²) in [6.07, 6.45) is 0.459. The van der Waals surface area contributed by atoms with E-state index in [9.17, 15) is 13.2 Å². The number of hydrogen-bond donors (Lipinski definition) is 2. The summed E-state index contributed by atoms with van der Waals surface area (Å²) in [7, 11) is -3.04. The highest BCUT2D eigenvalue weighted by Crippen LogP contribution is 2.24. The fraction of sp³-hybridized carbons (Fsp3) is 0.533. The average Bonchev–Trinajstić information content (AvgIpc) is 2.63. The minimum Gasteiger partial charge on any atom is -0.382 e. The normalized spacial score (nSPS) is 24.0. The average molecular weight is 310 g/mol. The fourth-order valence-corrected chi connectivity index (χ4v) is 4.66. The van der Waals surface area contributed by atoms with E-state index in [1.54, 1.807) is 19.1 Å². The predicted octanol–water partition coefficient (Wildman–Crippen LogP) is 1.81. The van der Waals surface area contributed by atoms with E-state index in [1.807, 2.05) is 26.0 Å². The molecule has 1 aliphatic heterocycles. The summed E-state index contributed by atoms with van der Waals surface area (Å²) < 4.78 is 23.2. The van der Waals surface area contributed by atoms with Gasteiger partial charge < -0.3 is 10.6 Å². The van der Waals surface area contributed by atoms with E-state index in [1.165, 1.54) is 0 Å². The van der Waals surface area contributed by atoms with Gasteiger partial charge in [-0.3, -0.25) is 4.79 Å². The first-order valence-electron chi connectivity index (χ1n) is 7.09. The molecule has 1 amide bonds. The number of sulfone groups is 1. The molecule has 0 bridgehead atoms. The first kappa shape index (κ1) is 15.8. The zero-order valence-corrected chi connectivity index (χ0v) is 13.5. The second-order valence-corrected chi connectivity index (χ2v) is 8.39. The molecule has 1 aliphatic rings. The quantitative estimate of drug-likeness (QED) is 0.889. The van der Waals surface area contributed by atoms with Crippen molar-refractivity contribution >= 4 is 21.4 Å². The molecule has 1 unspecified atom stereocenters. The lowest BCUT2D eigenvalue weighted by Gasteiger charge is -2.25. The van der Waals surface area contributed by atoms with E-state index in [-0.39, 0.29) is 23.5 Å². The molecule has 1 atom stereocenters. The molecule has 5 nitrogen and oxygen atoms in total. The number of rotatable bonds is 4. The van der Waals surface area contributed by atoms with Crippen LogP contribution in [0.4, 0.5) is 5.69 Å². The number of benzene rings is 1. The van der Waals surface area contributed by atoms with Gasteiger partial charge in [-0.05, 0) is 39.3 Å². The highest BCUT2D eigenvalue weighted by Gasteiger charge is 2.39. The molecule has 1 saturated heterocycles. The van der Waals surface area contributed by atoms with Crippen molar-refractivity contribution < 1.29 is 13.2 Å². The van der Waals surface area contributed by atoms with Crippen molar-refractivity contribution in [3.8, 4) is 0 Å². The van der Waals surface area contributed by atoms with Gasteiger partial charge in [-0.1, -0.05) is 12.1 Å². The van der Waals surface area contributed by atoms with Crippen molar-refractivity contribution in [1.82, 2.24) is 5.32 Å². The SMILES string of the molecule is CC(C)Nc1ccccc1C(=O)NC1(C)CCS(=O)(=O)C1. The lowest BCUT2D eigenvalue weighted by molar-refractivity contribution is 0.0916. The summed E-state index contributed by atoms with van der Waals surface area (Å²) in [4.78, 5) is 12.5. The Kier molecular flexibility index (Phi) is 4.27. The lowest BCUT2D eigenvalue weighted by Crippen LogP contribution is -2.47. The Bertz CT molecular complexity index is 640. The number of para-hydroxylation sites is 1. The Morgan fingerprint density at radius 1 is 1.29 bits per heavy atom. The molecular formula is C15H22N2O3S. The van der Waals surface area contributed by atoms with Crippen molar-refractivity contribution in [2.45, 2.75) is 38.8 Å². The maximum Gasteiger partial charge on any atom is 0.253 e. The third-order valence-electron chi connectivity index (χ3n) is 3.53. The van der Waals surface area contributed by atoms with Crippen LogP contribution in [-0.2, 0) is 9.84 Å². The molecule has 1 aromatic rings. The van der Waals surface area contributed by atoms with Crippen LogP contribution in [0, 0.1) is 0 Å². The minimum atomic E-state index is -3.04. The molecule has 0 radical (unpaired) electrons. The van der Waals surface area contributed by atoms with E-state index in [2.05, 4.69) is 10.6 Å². The van der Waals surface area contributed by atoms with Crippen molar-refractivity contribution in [3.05, 3.63) is 29.8 Å². The maximum absolute atomic E-state index is 12.5. The van der Waals surface area contributed by atoms with Gasteiger partial charge in [0.05, 0.1) is 22.6 Å². The molecular weight excluding hydrogens is 288 g/mol. The Hall–Kier alpha value is -1.56. The number of carbonyl (C=O) groups is 1. The van der Waals surface area contributed by atoms with E-state index in [0.717, 1.165) is 5.69 Å². The lowest BCUT2D eigenvalue weighted by atomic mass is 10.0. The van der Waals surface area contributed by atoms with Gasteiger partial charge in [-0.2, -0.15) is 0 Å². The van der Waals surface area contributed by atoms with Gasteiger partial charge in [0, 0.05) is 11.7 Å². The minimum absolute atomic E-state index is 0.00547. The molecule has 116 valence electrons. The highest BCUT2D eigenvalue weighted by atomic mass is 32.2. The van der Waals surface area contributed by atoms with Gasteiger partial charge in [0.2, 0.25) is 0 Å². The molecule has 0 aromatic heterocycles. The van der Waals surface area contributed by atoms with Crippen molar-refractivity contribution in [2.75, 3.05) is 16.8 Å². The second kappa shape index (κ2) is 5.67. The Balaban J connectivity index is 2.18.